The molecule has 118 valence electrons. The number of nitrogens with zero attached hydrogens (tertiary/aromatic N) is 1. The maximum atomic E-state index is 11.5. The SMILES string of the molecule is CCNC(C)(CCCCN1CCCC(C)(C)C1)C(N)=O. The van der Waals surface area contributed by atoms with Crippen LogP contribution in [-0.2, 0) is 4.79 Å². The molecule has 0 spiro atoms. The molecular formula is C16H33N3O. The number of hydrogen-bond acceptors (Lipinski definition) is 3. The highest BCUT2D eigenvalue weighted by Gasteiger charge is 2.29. The van der Waals surface area contributed by atoms with Crippen LogP contribution in [-0.4, -0.2) is 42.5 Å². The van der Waals surface area contributed by atoms with Crippen molar-refractivity contribution in [1.82, 2.24) is 10.2 Å². The number of carbonyl (C=O) groups is 1. The van der Waals surface area contributed by atoms with Gasteiger partial charge in [-0.1, -0.05) is 20.8 Å². The standard InChI is InChI=1S/C16H33N3O/c1-5-18-16(4,14(17)20)10-6-7-11-19-12-8-9-15(2,3)13-19/h18H,5-13H2,1-4H3,(H2,17,20). The van der Waals surface area contributed by atoms with E-state index in [4.69, 9.17) is 5.73 Å². The molecule has 1 aliphatic heterocycles. The summed E-state index contributed by atoms with van der Waals surface area (Å²) in [7, 11) is 0. The first-order chi connectivity index (χ1) is 9.29. The molecule has 1 unspecified atom stereocenters. The molecule has 1 heterocycles. The van der Waals surface area contributed by atoms with E-state index < -0.39 is 5.54 Å². The molecule has 1 amide bonds. The van der Waals surface area contributed by atoms with Gasteiger partial charge in [0.25, 0.3) is 0 Å². The summed E-state index contributed by atoms with van der Waals surface area (Å²) < 4.78 is 0. The second-order valence-corrected chi connectivity index (χ2v) is 7.23. The molecule has 0 radical (unpaired) electrons. The van der Waals surface area contributed by atoms with Gasteiger partial charge in [0.1, 0.15) is 0 Å². The third-order valence-corrected chi connectivity index (χ3v) is 4.49. The third-order valence-electron chi connectivity index (χ3n) is 4.49. The van der Waals surface area contributed by atoms with Crippen molar-refractivity contribution in [3.05, 3.63) is 0 Å². The van der Waals surface area contributed by atoms with Gasteiger partial charge in [0.2, 0.25) is 5.91 Å². The number of nitrogens with two attached hydrogens (primary N) is 1. The van der Waals surface area contributed by atoms with E-state index in [0.717, 1.165) is 32.4 Å². The Morgan fingerprint density at radius 3 is 2.65 bits per heavy atom. The third kappa shape index (κ3) is 5.41. The van der Waals surface area contributed by atoms with Crippen LogP contribution in [0.2, 0.25) is 0 Å². The van der Waals surface area contributed by atoms with Crippen molar-refractivity contribution in [2.75, 3.05) is 26.2 Å². The van der Waals surface area contributed by atoms with Crippen molar-refractivity contribution in [3.63, 3.8) is 0 Å². The van der Waals surface area contributed by atoms with Gasteiger partial charge >= 0.3 is 0 Å². The van der Waals surface area contributed by atoms with Gasteiger partial charge < -0.3 is 16.0 Å². The van der Waals surface area contributed by atoms with Gasteiger partial charge in [-0.05, 0) is 64.1 Å². The molecule has 3 N–H and O–H groups in total. The van der Waals surface area contributed by atoms with Crippen LogP contribution in [0.4, 0.5) is 0 Å². The number of nitrogens with one attached hydrogen (secondary N) is 1. The van der Waals surface area contributed by atoms with Crippen LogP contribution in [0.1, 0.15) is 59.8 Å². The first-order valence-corrected chi connectivity index (χ1v) is 8.06. The van der Waals surface area contributed by atoms with E-state index in [9.17, 15) is 4.79 Å². The van der Waals surface area contributed by atoms with Crippen LogP contribution < -0.4 is 11.1 Å². The highest BCUT2D eigenvalue weighted by molar-refractivity contribution is 5.84. The molecule has 1 aliphatic rings. The molecular weight excluding hydrogens is 250 g/mol. The minimum atomic E-state index is -0.546. The normalized spacial score (nSPS) is 22.4. The summed E-state index contributed by atoms with van der Waals surface area (Å²) >= 11 is 0. The lowest BCUT2D eigenvalue weighted by molar-refractivity contribution is -0.124. The largest absolute Gasteiger partial charge is 0.368 e. The van der Waals surface area contributed by atoms with E-state index in [1.807, 2.05) is 13.8 Å². The van der Waals surface area contributed by atoms with Gasteiger partial charge in [0.05, 0.1) is 5.54 Å². The van der Waals surface area contributed by atoms with Crippen molar-refractivity contribution in [3.8, 4) is 0 Å². The summed E-state index contributed by atoms with van der Waals surface area (Å²) in [6, 6.07) is 0. The van der Waals surface area contributed by atoms with Gasteiger partial charge in [-0.15, -0.1) is 0 Å². The zero-order valence-corrected chi connectivity index (χ0v) is 13.8. The Kier molecular flexibility index (Phi) is 6.46. The first-order valence-electron chi connectivity index (χ1n) is 8.06. The van der Waals surface area contributed by atoms with Crippen molar-refractivity contribution >= 4 is 5.91 Å². The van der Waals surface area contributed by atoms with Gasteiger partial charge in [-0.2, -0.15) is 0 Å². The highest BCUT2D eigenvalue weighted by atomic mass is 16.1. The molecule has 0 aromatic carbocycles. The van der Waals surface area contributed by atoms with E-state index in [0.29, 0.717) is 5.41 Å². The molecule has 4 heteroatoms. The Labute approximate surface area is 124 Å². The maximum absolute atomic E-state index is 11.5. The quantitative estimate of drug-likeness (QED) is 0.671. The predicted octanol–water partition coefficient (Wildman–Crippen LogP) is 2.13. The van der Waals surface area contributed by atoms with Crippen molar-refractivity contribution < 1.29 is 4.79 Å². The van der Waals surface area contributed by atoms with Crippen molar-refractivity contribution in [2.45, 2.75) is 65.3 Å². The molecule has 0 bridgehead atoms. The minimum absolute atomic E-state index is 0.238. The van der Waals surface area contributed by atoms with Gasteiger partial charge in [-0.25, -0.2) is 0 Å². The number of primary amides is 1. The molecule has 0 aliphatic carbocycles. The number of carbonyl (C=O) groups excluding carboxylic acids is 1. The van der Waals surface area contributed by atoms with E-state index in [2.05, 4.69) is 24.1 Å². The first kappa shape index (κ1) is 17.4. The average Bonchev–Trinajstić information content (AvgIpc) is 2.34. The monoisotopic (exact) mass is 283 g/mol. The van der Waals surface area contributed by atoms with Gasteiger partial charge in [0.15, 0.2) is 0 Å². The van der Waals surface area contributed by atoms with E-state index >= 15 is 0 Å². The van der Waals surface area contributed by atoms with Crippen LogP contribution in [0.25, 0.3) is 0 Å². The highest BCUT2D eigenvalue weighted by Crippen LogP contribution is 2.28. The van der Waals surface area contributed by atoms with E-state index in [1.54, 1.807) is 0 Å². The Balaban J connectivity index is 2.28. The lowest BCUT2D eigenvalue weighted by Crippen LogP contribution is -2.53. The number of rotatable bonds is 8. The second kappa shape index (κ2) is 7.41. The number of amides is 1. The summed E-state index contributed by atoms with van der Waals surface area (Å²) in [5, 5.41) is 3.22. The fraction of sp³-hybridized carbons (Fsp3) is 0.938. The summed E-state index contributed by atoms with van der Waals surface area (Å²) in [4.78, 5) is 14.1. The maximum Gasteiger partial charge on any atom is 0.237 e. The van der Waals surface area contributed by atoms with Crippen molar-refractivity contribution in [2.24, 2.45) is 11.1 Å². The molecule has 0 aromatic heterocycles. The van der Waals surface area contributed by atoms with Gasteiger partial charge in [-0.3, -0.25) is 4.79 Å². The van der Waals surface area contributed by atoms with Crippen LogP contribution in [0.15, 0.2) is 0 Å². The Hall–Kier alpha value is -0.610. The van der Waals surface area contributed by atoms with Crippen LogP contribution in [0.5, 0.6) is 0 Å². The summed E-state index contributed by atoms with van der Waals surface area (Å²) in [5.41, 5.74) is 5.42. The molecule has 1 fully saturated rings. The van der Waals surface area contributed by atoms with Crippen LogP contribution in [0.3, 0.4) is 0 Å². The number of piperidine rings is 1. The smallest absolute Gasteiger partial charge is 0.237 e. The van der Waals surface area contributed by atoms with Gasteiger partial charge in [0, 0.05) is 6.54 Å². The fourth-order valence-electron chi connectivity index (χ4n) is 3.24. The molecule has 0 aromatic rings. The molecule has 20 heavy (non-hydrogen) atoms. The second-order valence-electron chi connectivity index (χ2n) is 7.23. The molecule has 4 nitrogen and oxygen atoms in total. The molecule has 1 rings (SSSR count). The zero-order valence-electron chi connectivity index (χ0n) is 13.8. The molecule has 0 saturated carbocycles. The van der Waals surface area contributed by atoms with Crippen LogP contribution in [0, 0.1) is 5.41 Å². The Morgan fingerprint density at radius 2 is 2.10 bits per heavy atom. The lowest BCUT2D eigenvalue weighted by Gasteiger charge is -2.38. The number of unbranched alkanes of at least 4 members (excludes halogenated alkanes) is 1. The number of likely N-dealkylation sites (tertiary alicyclic amines) is 1. The van der Waals surface area contributed by atoms with Crippen LogP contribution >= 0.6 is 0 Å². The molecule has 1 atom stereocenters. The Morgan fingerprint density at radius 1 is 1.40 bits per heavy atom. The Bertz CT molecular complexity index is 317. The summed E-state index contributed by atoms with van der Waals surface area (Å²) in [6.45, 7) is 13.0. The van der Waals surface area contributed by atoms with Crippen molar-refractivity contribution in [1.29, 1.82) is 0 Å². The average molecular weight is 283 g/mol. The zero-order chi connectivity index (χ0) is 15.2. The lowest BCUT2D eigenvalue weighted by atomic mass is 9.84. The van der Waals surface area contributed by atoms with E-state index in [1.165, 1.54) is 25.9 Å². The molecule has 1 saturated heterocycles. The topological polar surface area (TPSA) is 58.4 Å². The number of likely N-dealkylation sites (N-methyl/N-ethyl adjacent to an activating group) is 1. The summed E-state index contributed by atoms with van der Waals surface area (Å²) in [5.74, 6) is -0.238. The van der Waals surface area contributed by atoms with E-state index in [-0.39, 0.29) is 5.91 Å². The predicted molar refractivity (Wildman–Crippen MR) is 84.6 cm³/mol. The summed E-state index contributed by atoms with van der Waals surface area (Å²) in [6.07, 6.45) is 5.66. The minimum Gasteiger partial charge on any atom is -0.368 e. The number of hydrogen-bond donors (Lipinski definition) is 2. The fourth-order valence-corrected chi connectivity index (χ4v) is 3.24.